The van der Waals surface area contributed by atoms with Crippen LogP contribution in [-0.4, -0.2) is 121 Å². The molecule has 0 heterocycles. The summed E-state index contributed by atoms with van der Waals surface area (Å²) in [5.41, 5.74) is 0. The summed E-state index contributed by atoms with van der Waals surface area (Å²) in [6, 6.07) is 0. The van der Waals surface area contributed by atoms with E-state index >= 15 is 0 Å². The zero-order chi connectivity index (χ0) is 20.5. The zero-order valence-corrected chi connectivity index (χ0v) is 19.2. The van der Waals surface area contributed by atoms with Crippen molar-refractivity contribution in [3.05, 3.63) is 0 Å². The SMILES string of the molecule is CCNC.CCNC.CCNC.CCNC.CCNC.CCNC.[GaH3].[GaH3]. The molecule has 0 bridgehead atoms. The molecule has 0 aliphatic carbocycles. The molecule has 0 aromatic rings. The van der Waals surface area contributed by atoms with E-state index in [1.807, 2.05) is 42.3 Å². The molecule has 168 valence electrons. The van der Waals surface area contributed by atoms with Crippen molar-refractivity contribution in [2.24, 2.45) is 0 Å². The summed E-state index contributed by atoms with van der Waals surface area (Å²) in [6.07, 6.45) is 0. The molecule has 0 aliphatic heterocycles. The van der Waals surface area contributed by atoms with Crippen LogP contribution >= 0.6 is 0 Å². The van der Waals surface area contributed by atoms with E-state index in [2.05, 4.69) is 73.4 Å². The Kier molecular flexibility index (Phi) is 187. The van der Waals surface area contributed by atoms with Crippen molar-refractivity contribution >= 4 is 39.6 Å². The number of rotatable bonds is 6. The molecule has 0 rings (SSSR count). The van der Waals surface area contributed by atoms with Gasteiger partial charge in [-0.25, -0.2) is 0 Å². The predicted molar refractivity (Wildman–Crippen MR) is 137 cm³/mol. The van der Waals surface area contributed by atoms with Crippen molar-refractivity contribution in [2.45, 2.75) is 41.5 Å². The van der Waals surface area contributed by atoms with Crippen LogP contribution in [0.4, 0.5) is 0 Å². The molecule has 0 saturated carbocycles. The minimum atomic E-state index is 0. The summed E-state index contributed by atoms with van der Waals surface area (Å²) in [6.45, 7) is 18.8. The first kappa shape index (κ1) is 50.6. The molecule has 26 heavy (non-hydrogen) atoms. The molecule has 0 radical (unpaired) electrons. The Balaban J connectivity index is -0.0000000245. The van der Waals surface area contributed by atoms with E-state index < -0.39 is 0 Å². The molecule has 6 N–H and O–H groups in total. The molecular weight excluding hydrogens is 440 g/mol. The van der Waals surface area contributed by atoms with E-state index in [4.69, 9.17) is 0 Å². The fourth-order valence-corrected chi connectivity index (χ4v) is 0. The summed E-state index contributed by atoms with van der Waals surface area (Å²) in [7, 11) is 11.6. The van der Waals surface area contributed by atoms with Crippen molar-refractivity contribution < 1.29 is 0 Å². The molecule has 0 spiro atoms. The van der Waals surface area contributed by atoms with Gasteiger partial charge in [0, 0.05) is 0 Å². The van der Waals surface area contributed by atoms with Gasteiger partial charge in [0.05, 0.1) is 0 Å². The number of hydrogen-bond donors (Lipinski definition) is 6. The van der Waals surface area contributed by atoms with Gasteiger partial charge < -0.3 is 31.9 Å². The maximum absolute atomic E-state index is 2.93. The van der Waals surface area contributed by atoms with E-state index in [1.165, 1.54) is 0 Å². The summed E-state index contributed by atoms with van der Waals surface area (Å²) in [5, 5.41) is 17.6. The molecule has 0 fully saturated rings. The van der Waals surface area contributed by atoms with Gasteiger partial charge in [-0.15, -0.1) is 0 Å². The van der Waals surface area contributed by atoms with Gasteiger partial charge in [-0.1, -0.05) is 41.5 Å². The Hall–Kier alpha value is 1.03. The first-order valence-corrected chi connectivity index (χ1v) is 9.36. The molecule has 6 nitrogen and oxygen atoms in total. The molecule has 8 heteroatoms. The first-order chi connectivity index (χ1) is 11.5. The third kappa shape index (κ3) is 292. The Labute approximate surface area is 194 Å². The number of nitrogens with one attached hydrogen (secondary N) is 6. The van der Waals surface area contributed by atoms with Crippen LogP contribution in [0.5, 0.6) is 0 Å². The van der Waals surface area contributed by atoms with Gasteiger partial charge in [0.1, 0.15) is 0 Å². The van der Waals surface area contributed by atoms with Gasteiger partial charge in [-0.05, 0) is 81.6 Å². The van der Waals surface area contributed by atoms with Gasteiger partial charge in [0.25, 0.3) is 0 Å². The summed E-state index contributed by atoms with van der Waals surface area (Å²) < 4.78 is 0. The molecule has 0 saturated heterocycles. The van der Waals surface area contributed by atoms with Crippen LogP contribution in [0.2, 0.25) is 0 Å². The van der Waals surface area contributed by atoms with E-state index in [9.17, 15) is 0 Å². The van der Waals surface area contributed by atoms with Gasteiger partial charge in [-0.2, -0.15) is 0 Å². The molecule has 0 amide bonds. The Morgan fingerprint density at radius 3 is 0.346 bits per heavy atom. The van der Waals surface area contributed by atoms with Crippen molar-refractivity contribution in [1.82, 2.24) is 31.9 Å². The molecular formula is C18H60Ga2N6. The second kappa shape index (κ2) is 96.0. The molecule has 0 aromatic carbocycles. The van der Waals surface area contributed by atoms with Crippen LogP contribution < -0.4 is 31.9 Å². The minimum absolute atomic E-state index is 0. The summed E-state index contributed by atoms with van der Waals surface area (Å²) in [5.74, 6) is 0. The second-order valence-corrected chi connectivity index (χ2v) is 4.24. The standard InChI is InChI=1S/6C3H9N.2Ga.6H/c6*1-3-4-2;;;;;;;;/h6*4H,3H2,1-2H3;;;;;;;;. The topological polar surface area (TPSA) is 72.2 Å². The van der Waals surface area contributed by atoms with Crippen LogP contribution in [-0.2, 0) is 0 Å². The fraction of sp³-hybridized carbons (Fsp3) is 1.00. The monoisotopic (exact) mass is 498 g/mol. The maximum atomic E-state index is 2.93. The third-order valence-electron chi connectivity index (χ3n) is 2.12. The van der Waals surface area contributed by atoms with Crippen molar-refractivity contribution in [1.29, 1.82) is 0 Å². The van der Waals surface area contributed by atoms with E-state index in [-0.39, 0.29) is 39.6 Å². The first-order valence-electron chi connectivity index (χ1n) is 9.36. The van der Waals surface area contributed by atoms with Crippen molar-refractivity contribution in [3.63, 3.8) is 0 Å². The average Bonchev–Trinajstić information content (AvgIpc) is 2.68. The van der Waals surface area contributed by atoms with Gasteiger partial charge in [0.15, 0.2) is 0 Å². The quantitative estimate of drug-likeness (QED) is 0.263. The van der Waals surface area contributed by atoms with Gasteiger partial charge >= 0.3 is 39.6 Å². The average molecular weight is 500 g/mol. The van der Waals surface area contributed by atoms with Gasteiger partial charge in [0.2, 0.25) is 0 Å². The van der Waals surface area contributed by atoms with Crippen LogP contribution in [0.3, 0.4) is 0 Å². The van der Waals surface area contributed by atoms with Crippen LogP contribution in [0, 0.1) is 0 Å². The van der Waals surface area contributed by atoms with Crippen LogP contribution in [0.1, 0.15) is 41.5 Å². The van der Waals surface area contributed by atoms with Crippen molar-refractivity contribution in [2.75, 3.05) is 81.6 Å². The normalized spacial score (nSPS) is 6.92. The Morgan fingerprint density at radius 2 is 0.346 bits per heavy atom. The fourth-order valence-electron chi connectivity index (χ4n) is 0. The summed E-state index contributed by atoms with van der Waals surface area (Å²) in [4.78, 5) is 0. The Morgan fingerprint density at radius 1 is 0.308 bits per heavy atom. The van der Waals surface area contributed by atoms with Crippen LogP contribution in [0.25, 0.3) is 0 Å². The van der Waals surface area contributed by atoms with Gasteiger partial charge in [-0.3, -0.25) is 0 Å². The number of hydrogen-bond acceptors (Lipinski definition) is 6. The van der Waals surface area contributed by atoms with Crippen molar-refractivity contribution in [3.8, 4) is 0 Å². The zero-order valence-electron chi connectivity index (χ0n) is 19.2. The molecule has 0 aromatic heterocycles. The predicted octanol–water partition coefficient (Wildman–Crippen LogP) is -1.01. The molecule has 0 aliphatic rings. The summed E-state index contributed by atoms with van der Waals surface area (Å²) >= 11 is 0. The van der Waals surface area contributed by atoms with E-state index in [1.54, 1.807) is 0 Å². The van der Waals surface area contributed by atoms with Crippen LogP contribution in [0.15, 0.2) is 0 Å². The third-order valence-corrected chi connectivity index (χ3v) is 2.12. The molecule has 0 atom stereocenters. The van der Waals surface area contributed by atoms with E-state index in [0.717, 1.165) is 39.3 Å². The van der Waals surface area contributed by atoms with E-state index in [0.29, 0.717) is 0 Å². The second-order valence-electron chi connectivity index (χ2n) is 4.24. The molecule has 0 unspecified atom stereocenters. The Bertz CT molecular complexity index is 72.7.